The quantitative estimate of drug-likeness (QED) is 0.602. The first-order valence-corrected chi connectivity index (χ1v) is 9.92. The normalized spacial score (nSPS) is 13.6. The molecule has 0 aliphatic heterocycles. The van der Waals surface area contributed by atoms with Crippen molar-refractivity contribution in [2.75, 3.05) is 0 Å². The van der Waals surface area contributed by atoms with Crippen LogP contribution in [0.4, 0.5) is 0 Å². The van der Waals surface area contributed by atoms with E-state index in [0.29, 0.717) is 23.7 Å². The summed E-state index contributed by atoms with van der Waals surface area (Å²) >= 11 is 6.32. The van der Waals surface area contributed by atoms with Crippen LogP contribution in [0.1, 0.15) is 36.4 Å². The predicted molar refractivity (Wildman–Crippen MR) is 110 cm³/mol. The predicted octanol–water partition coefficient (Wildman–Crippen LogP) is 4.21. The molecule has 1 aromatic heterocycles. The zero-order chi connectivity index (χ0) is 19.7. The first-order chi connectivity index (χ1) is 13.5. The van der Waals surface area contributed by atoms with Crippen molar-refractivity contribution < 1.29 is 4.79 Å². The molecule has 1 aliphatic carbocycles. The Morgan fingerprint density at radius 2 is 1.96 bits per heavy atom. The number of nitrogens with zero attached hydrogens (tertiary/aromatic N) is 3. The molecule has 1 aliphatic rings. The van der Waals surface area contributed by atoms with E-state index >= 15 is 0 Å². The van der Waals surface area contributed by atoms with Gasteiger partial charge in [0.05, 0.1) is 5.02 Å². The minimum Gasteiger partial charge on any atom is -0.298 e. The number of ketones is 1. The molecular weight excluding hydrogens is 374 g/mol. The van der Waals surface area contributed by atoms with Gasteiger partial charge in [0.2, 0.25) is 0 Å². The van der Waals surface area contributed by atoms with Gasteiger partial charge >= 0.3 is 5.69 Å². The van der Waals surface area contributed by atoms with Gasteiger partial charge in [-0.2, -0.15) is 0 Å². The zero-order valence-electron chi connectivity index (χ0n) is 15.8. The van der Waals surface area contributed by atoms with Crippen LogP contribution in [-0.2, 0) is 17.8 Å². The summed E-state index contributed by atoms with van der Waals surface area (Å²) in [5.41, 5.74) is 2.79. The van der Waals surface area contributed by atoms with Crippen molar-refractivity contribution in [3.63, 3.8) is 0 Å². The third kappa shape index (κ3) is 3.94. The highest BCUT2D eigenvalue weighted by Crippen LogP contribution is 2.37. The molecule has 0 atom stereocenters. The van der Waals surface area contributed by atoms with Crippen molar-refractivity contribution in [2.45, 2.75) is 45.2 Å². The Hall–Kier alpha value is -2.66. The summed E-state index contributed by atoms with van der Waals surface area (Å²) < 4.78 is 2.98. The molecule has 3 aromatic rings. The van der Waals surface area contributed by atoms with Crippen molar-refractivity contribution >= 4 is 17.4 Å². The number of halogens is 1. The first kappa shape index (κ1) is 18.7. The third-order valence-electron chi connectivity index (χ3n) is 5.00. The minimum absolute atomic E-state index is 0.00485. The van der Waals surface area contributed by atoms with E-state index in [0.717, 1.165) is 24.0 Å². The van der Waals surface area contributed by atoms with Crippen LogP contribution in [0.15, 0.2) is 53.3 Å². The van der Waals surface area contributed by atoms with Crippen LogP contribution in [0, 0.1) is 6.92 Å². The molecule has 6 heteroatoms. The van der Waals surface area contributed by atoms with Crippen molar-refractivity contribution in [3.05, 3.63) is 75.2 Å². The van der Waals surface area contributed by atoms with Crippen LogP contribution >= 0.6 is 11.6 Å². The largest absolute Gasteiger partial charge is 0.346 e. The van der Waals surface area contributed by atoms with E-state index < -0.39 is 0 Å². The minimum atomic E-state index is -0.235. The maximum Gasteiger partial charge on any atom is 0.346 e. The summed E-state index contributed by atoms with van der Waals surface area (Å²) in [7, 11) is 0. The van der Waals surface area contributed by atoms with Gasteiger partial charge in [-0.1, -0.05) is 53.6 Å². The van der Waals surface area contributed by atoms with Crippen molar-refractivity contribution in [1.82, 2.24) is 14.3 Å². The van der Waals surface area contributed by atoms with Crippen molar-refractivity contribution in [3.8, 4) is 11.4 Å². The van der Waals surface area contributed by atoms with Gasteiger partial charge in [-0.05, 0) is 43.9 Å². The number of rotatable bonds is 7. The van der Waals surface area contributed by atoms with E-state index in [1.54, 1.807) is 10.6 Å². The SMILES string of the molecule is Cc1cccc(CCC(=O)Cn2nc(-c3ccccc3Cl)n(C3CC3)c2=O)c1. The highest BCUT2D eigenvalue weighted by Gasteiger charge is 2.31. The van der Waals surface area contributed by atoms with Gasteiger partial charge in [0.1, 0.15) is 6.54 Å². The molecular formula is C22H22ClN3O2. The van der Waals surface area contributed by atoms with E-state index in [1.807, 2.05) is 43.3 Å². The molecule has 1 saturated carbocycles. The summed E-state index contributed by atoms with van der Waals surface area (Å²) in [6.07, 6.45) is 2.94. The summed E-state index contributed by atoms with van der Waals surface area (Å²) in [5.74, 6) is 0.541. The Bertz CT molecular complexity index is 1080. The molecule has 4 rings (SSSR count). The monoisotopic (exact) mass is 395 g/mol. The van der Waals surface area contributed by atoms with Crippen LogP contribution in [-0.4, -0.2) is 20.1 Å². The maximum absolute atomic E-state index is 12.9. The van der Waals surface area contributed by atoms with Crippen molar-refractivity contribution in [2.24, 2.45) is 0 Å². The fraction of sp³-hybridized carbons (Fsp3) is 0.318. The second kappa shape index (κ2) is 7.76. The van der Waals surface area contributed by atoms with Gasteiger partial charge in [-0.3, -0.25) is 9.36 Å². The molecule has 2 aromatic carbocycles. The molecule has 0 bridgehead atoms. The van der Waals surface area contributed by atoms with Gasteiger partial charge in [-0.15, -0.1) is 5.10 Å². The maximum atomic E-state index is 12.9. The van der Waals surface area contributed by atoms with Gasteiger partial charge in [0, 0.05) is 18.0 Å². The lowest BCUT2D eigenvalue weighted by atomic mass is 10.1. The molecule has 28 heavy (non-hydrogen) atoms. The lowest BCUT2D eigenvalue weighted by molar-refractivity contribution is -0.119. The standard InChI is InChI=1S/C22H22ClN3O2/c1-15-5-4-6-16(13-15)9-12-18(27)14-25-22(28)26(17-10-11-17)21(24-25)19-7-2-3-8-20(19)23/h2-8,13,17H,9-12,14H2,1H3. The Labute approximate surface area is 168 Å². The summed E-state index contributed by atoms with van der Waals surface area (Å²) in [5, 5.41) is 5.02. The van der Waals surface area contributed by atoms with E-state index in [2.05, 4.69) is 11.2 Å². The molecule has 144 valence electrons. The number of carbonyl (C=O) groups excluding carboxylic acids is 1. The van der Waals surface area contributed by atoms with Gasteiger partial charge in [-0.25, -0.2) is 9.48 Å². The van der Waals surface area contributed by atoms with Gasteiger partial charge < -0.3 is 0 Å². The molecule has 0 N–H and O–H groups in total. The van der Waals surface area contributed by atoms with E-state index in [1.165, 1.54) is 10.2 Å². The summed E-state index contributed by atoms with van der Waals surface area (Å²) in [6.45, 7) is 2.02. The molecule has 1 heterocycles. The Kier molecular flexibility index (Phi) is 5.18. The summed E-state index contributed by atoms with van der Waals surface area (Å²) in [4.78, 5) is 25.4. The Morgan fingerprint density at radius 1 is 1.18 bits per heavy atom. The number of benzene rings is 2. The molecule has 0 unspecified atom stereocenters. The van der Waals surface area contributed by atoms with Crippen LogP contribution in [0.3, 0.4) is 0 Å². The van der Waals surface area contributed by atoms with E-state index in [-0.39, 0.29) is 24.1 Å². The fourth-order valence-electron chi connectivity index (χ4n) is 3.41. The second-order valence-corrected chi connectivity index (χ2v) is 7.78. The Balaban J connectivity index is 1.55. The average molecular weight is 396 g/mol. The highest BCUT2D eigenvalue weighted by molar-refractivity contribution is 6.33. The molecule has 5 nitrogen and oxygen atoms in total. The Morgan fingerprint density at radius 3 is 2.68 bits per heavy atom. The smallest absolute Gasteiger partial charge is 0.298 e. The molecule has 0 saturated heterocycles. The number of hydrogen-bond acceptors (Lipinski definition) is 3. The molecule has 1 fully saturated rings. The van der Waals surface area contributed by atoms with E-state index in [4.69, 9.17) is 11.6 Å². The third-order valence-corrected chi connectivity index (χ3v) is 5.33. The van der Waals surface area contributed by atoms with Crippen LogP contribution in [0.2, 0.25) is 5.02 Å². The molecule has 0 radical (unpaired) electrons. The molecule has 0 amide bonds. The number of carbonyl (C=O) groups is 1. The van der Waals surface area contributed by atoms with E-state index in [9.17, 15) is 9.59 Å². The highest BCUT2D eigenvalue weighted by atomic mass is 35.5. The van der Waals surface area contributed by atoms with Crippen LogP contribution < -0.4 is 5.69 Å². The lowest BCUT2D eigenvalue weighted by Gasteiger charge is -2.04. The van der Waals surface area contributed by atoms with Crippen LogP contribution in [0.25, 0.3) is 11.4 Å². The summed E-state index contributed by atoms with van der Waals surface area (Å²) in [6, 6.07) is 15.6. The average Bonchev–Trinajstić information content (AvgIpc) is 3.46. The number of hydrogen-bond donors (Lipinski definition) is 0. The number of Topliss-reactive ketones (excluding diaryl/α,β-unsaturated/α-hetero) is 1. The topological polar surface area (TPSA) is 56.9 Å². The fourth-order valence-corrected chi connectivity index (χ4v) is 3.63. The first-order valence-electron chi connectivity index (χ1n) is 9.54. The second-order valence-electron chi connectivity index (χ2n) is 7.37. The van der Waals surface area contributed by atoms with Gasteiger partial charge in [0.15, 0.2) is 11.6 Å². The van der Waals surface area contributed by atoms with Crippen LogP contribution in [0.5, 0.6) is 0 Å². The van der Waals surface area contributed by atoms with Gasteiger partial charge in [0.25, 0.3) is 0 Å². The lowest BCUT2D eigenvalue weighted by Crippen LogP contribution is -2.27. The zero-order valence-corrected chi connectivity index (χ0v) is 16.5. The number of aryl methyl sites for hydroxylation is 2. The number of aromatic nitrogens is 3. The van der Waals surface area contributed by atoms with Crippen molar-refractivity contribution in [1.29, 1.82) is 0 Å². The molecule has 0 spiro atoms.